The molecule has 5 N–H and O–H groups in total. The summed E-state index contributed by atoms with van der Waals surface area (Å²) in [4.78, 5) is 0. The lowest BCUT2D eigenvalue weighted by molar-refractivity contribution is 1.41. The Morgan fingerprint density at radius 1 is 1.06 bits per heavy atom. The number of rotatable bonds is 2. The fourth-order valence-corrected chi connectivity index (χ4v) is 1.92. The van der Waals surface area contributed by atoms with Crippen molar-refractivity contribution in [1.82, 2.24) is 0 Å². The van der Waals surface area contributed by atoms with E-state index in [1.165, 1.54) is 5.56 Å². The molecule has 0 aliphatic carbocycles. The lowest BCUT2D eigenvalue weighted by atomic mass is 10.2. The van der Waals surface area contributed by atoms with E-state index >= 15 is 0 Å². The molecule has 0 saturated heterocycles. The molecule has 2 aromatic rings. The lowest BCUT2D eigenvalue weighted by Crippen LogP contribution is -1.97. The summed E-state index contributed by atoms with van der Waals surface area (Å²) in [5, 5.41) is 3.30. The molecule has 17 heavy (non-hydrogen) atoms. The Morgan fingerprint density at radius 3 is 2.53 bits per heavy atom. The van der Waals surface area contributed by atoms with Gasteiger partial charge < -0.3 is 16.8 Å². The number of nitrogens with two attached hydrogens (primary N) is 2. The number of nitrogen functional groups attached to an aromatic ring is 2. The Labute approximate surface area is 109 Å². The third-order valence-corrected chi connectivity index (χ3v) is 3.61. The van der Waals surface area contributed by atoms with Crippen LogP contribution >= 0.6 is 15.9 Å². The number of anilines is 4. The molecular weight excluding hydrogens is 278 g/mol. The first-order chi connectivity index (χ1) is 8.08. The van der Waals surface area contributed by atoms with Crippen LogP contribution in [0.2, 0.25) is 0 Å². The summed E-state index contributed by atoms with van der Waals surface area (Å²) in [6, 6.07) is 11.6. The number of aryl methyl sites for hydroxylation is 1. The molecule has 2 rings (SSSR count). The lowest BCUT2D eigenvalue weighted by Gasteiger charge is -2.11. The molecule has 2 aromatic carbocycles. The molecule has 0 heterocycles. The van der Waals surface area contributed by atoms with Crippen LogP contribution in [0.5, 0.6) is 0 Å². The van der Waals surface area contributed by atoms with Crippen molar-refractivity contribution in [3.63, 3.8) is 0 Å². The summed E-state index contributed by atoms with van der Waals surface area (Å²) in [5.41, 5.74) is 15.7. The topological polar surface area (TPSA) is 64.1 Å². The molecule has 3 nitrogen and oxygen atoms in total. The van der Waals surface area contributed by atoms with Gasteiger partial charge in [-0.2, -0.15) is 0 Å². The monoisotopic (exact) mass is 291 g/mol. The van der Waals surface area contributed by atoms with Crippen molar-refractivity contribution in [2.45, 2.75) is 6.92 Å². The van der Waals surface area contributed by atoms with E-state index in [1.54, 1.807) is 6.07 Å². The Balaban J connectivity index is 2.31. The Kier molecular flexibility index (Phi) is 3.24. The molecule has 88 valence electrons. The second-order valence-electron chi connectivity index (χ2n) is 3.91. The number of nitrogens with one attached hydrogen (secondary N) is 1. The van der Waals surface area contributed by atoms with Gasteiger partial charge in [-0.1, -0.05) is 12.1 Å². The molecule has 0 bridgehead atoms. The van der Waals surface area contributed by atoms with Gasteiger partial charge in [0.15, 0.2) is 0 Å². The first kappa shape index (κ1) is 11.8. The van der Waals surface area contributed by atoms with Crippen LogP contribution in [0.15, 0.2) is 40.9 Å². The zero-order valence-corrected chi connectivity index (χ0v) is 11.1. The van der Waals surface area contributed by atoms with Crippen LogP contribution < -0.4 is 16.8 Å². The summed E-state index contributed by atoms with van der Waals surface area (Å²) in [6.07, 6.45) is 0. The van der Waals surface area contributed by atoms with Gasteiger partial charge in [0.05, 0.1) is 17.1 Å². The van der Waals surface area contributed by atoms with Crippen molar-refractivity contribution in [3.8, 4) is 0 Å². The zero-order valence-electron chi connectivity index (χ0n) is 9.50. The first-order valence-electron chi connectivity index (χ1n) is 5.25. The second-order valence-corrected chi connectivity index (χ2v) is 4.70. The van der Waals surface area contributed by atoms with Crippen molar-refractivity contribution in [2.75, 3.05) is 16.8 Å². The van der Waals surface area contributed by atoms with Gasteiger partial charge in [-0.25, -0.2) is 0 Å². The van der Waals surface area contributed by atoms with Gasteiger partial charge in [-0.3, -0.25) is 0 Å². The average Bonchev–Trinajstić information content (AvgIpc) is 2.30. The minimum atomic E-state index is 0.582. The largest absolute Gasteiger partial charge is 0.397 e. The molecule has 0 unspecified atom stereocenters. The minimum Gasteiger partial charge on any atom is -0.397 e. The molecule has 0 amide bonds. The van der Waals surface area contributed by atoms with Crippen LogP contribution in [0, 0.1) is 6.92 Å². The SMILES string of the molecule is Cc1cccc(Nc2ccc(N)c(N)c2)c1Br. The maximum absolute atomic E-state index is 5.77. The third-order valence-electron chi connectivity index (χ3n) is 2.56. The van der Waals surface area contributed by atoms with Crippen molar-refractivity contribution < 1.29 is 0 Å². The summed E-state index contributed by atoms with van der Waals surface area (Å²) < 4.78 is 1.05. The van der Waals surface area contributed by atoms with Gasteiger partial charge in [0.2, 0.25) is 0 Å². The molecule has 0 aromatic heterocycles. The Hall–Kier alpha value is -1.68. The van der Waals surface area contributed by atoms with Gasteiger partial charge in [0.1, 0.15) is 0 Å². The van der Waals surface area contributed by atoms with E-state index in [-0.39, 0.29) is 0 Å². The third kappa shape index (κ3) is 2.53. The molecule has 0 fully saturated rings. The predicted molar refractivity (Wildman–Crippen MR) is 77.4 cm³/mol. The first-order valence-corrected chi connectivity index (χ1v) is 6.04. The van der Waals surface area contributed by atoms with E-state index in [4.69, 9.17) is 11.5 Å². The van der Waals surface area contributed by atoms with Crippen LogP contribution in [0.1, 0.15) is 5.56 Å². The number of benzene rings is 2. The molecule has 0 aliphatic heterocycles. The van der Waals surface area contributed by atoms with Gasteiger partial charge in [0, 0.05) is 10.2 Å². The molecule has 0 saturated carbocycles. The van der Waals surface area contributed by atoms with Gasteiger partial charge in [-0.05, 0) is 52.7 Å². The van der Waals surface area contributed by atoms with Crippen molar-refractivity contribution in [2.24, 2.45) is 0 Å². The highest BCUT2D eigenvalue weighted by Crippen LogP contribution is 2.30. The zero-order chi connectivity index (χ0) is 12.4. The van der Waals surface area contributed by atoms with Crippen LogP contribution in [0.3, 0.4) is 0 Å². The Morgan fingerprint density at radius 2 is 1.82 bits per heavy atom. The number of hydrogen-bond donors (Lipinski definition) is 3. The predicted octanol–water partition coefficient (Wildman–Crippen LogP) is 3.67. The maximum Gasteiger partial charge on any atom is 0.0568 e. The highest BCUT2D eigenvalue weighted by Gasteiger charge is 2.03. The maximum atomic E-state index is 5.77. The van der Waals surface area contributed by atoms with E-state index < -0.39 is 0 Å². The molecule has 0 spiro atoms. The minimum absolute atomic E-state index is 0.582. The summed E-state index contributed by atoms with van der Waals surface area (Å²) in [5.74, 6) is 0. The highest BCUT2D eigenvalue weighted by molar-refractivity contribution is 9.10. The normalized spacial score (nSPS) is 10.2. The van der Waals surface area contributed by atoms with E-state index in [0.717, 1.165) is 15.8 Å². The molecule has 0 radical (unpaired) electrons. The van der Waals surface area contributed by atoms with Crippen LogP contribution in [0.25, 0.3) is 0 Å². The standard InChI is InChI=1S/C13H14BrN3/c1-8-3-2-4-12(13(8)14)17-9-5-6-10(15)11(16)7-9/h2-7,17H,15-16H2,1H3. The van der Waals surface area contributed by atoms with E-state index in [9.17, 15) is 0 Å². The summed E-state index contributed by atoms with van der Waals surface area (Å²) in [7, 11) is 0. The smallest absolute Gasteiger partial charge is 0.0568 e. The quantitative estimate of drug-likeness (QED) is 0.740. The second kappa shape index (κ2) is 4.67. The van der Waals surface area contributed by atoms with E-state index in [1.807, 2.05) is 37.3 Å². The van der Waals surface area contributed by atoms with Crippen molar-refractivity contribution in [3.05, 3.63) is 46.4 Å². The Bertz CT molecular complexity index is 552. The van der Waals surface area contributed by atoms with E-state index in [0.29, 0.717) is 11.4 Å². The summed E-state index contributed by atoms with van der Waals surface area (Å²) >= 11 is 3.55. The average molecular weight is 292 g/mol. The van der Waals surface area contributed by atoms with Crippen LogP contribution in [0.4, 0.5) is 22.7 Å². The van der Waals surface area contributed by atoms with Gasteiger partial charge >= 0.3 is 0 Å². The number of hydrogen-bond acceptors (Lipinski definition) is 3. The van der Waals surface area contributed by atoms with Crippen LogP contribution in [-0.2, 0) is 0 Å². The van der Waals surface area contributed by atoms with Crippen LogP contribution in [-0.4, -0.2) is 0 Å². The van der Waals surface area contributed by atoms with E-state index in [2.05, 4.69) is 21.2 Å². The molecule has 4 heteroatoms. The fourth-order valence-electron chi connectivity index (χ4n) is 1.55. The molecule has 0 atom stereocenters. The molecule has 0 aliphatic rings. The summed E-state index contributed by atoms with van der Waals surface area (Å²) in [6.45, 7) is 2.05. The fraction of sp³-hybridized carbons (Fsp3) is 0.0769. The van der Waals surface area contributed by atoms with Gasteiger partial charge in [0.25, 0.3) is 0 Å². The molecular formula is C13H14BrN3. The number of halogens is 1. The van der Waals surface area contributed by atoms with Crippen molar-refractivity contribution in [1.29, 1.82) is 0 Å². The van der Waals surface area contributed by atoms with Gasteiger partial charge in [-0.15, -0.1) is 0 Å². The highest BCUT2D eigenvalue weighted by atomic mass is 79.9. The van der Waals surface area contributed by atoms with Crippen molar-refractivity contribution >= 4 is 38.7 Å².